The van der Waals surface area contributed by atoms with Crippen LogP contribution in [0.5, 0.6) is 0 Å². The fourth-order valence-electron chi connectivity index (χ4n) is 1.56. The van der Waals surface area contributed by atoms with Gasteiger partial charge in [-0.25, -0.2) is 9.07 Å². The molecule has 94 valence electrons. The Hall–Kier alpha value is -2.38. The van der Waals surface area contributed by atoms with Gasteiger partial charge in [-0.2, -0.15) is 0 Å². The van der Waals surface area contributed by atoms with E-state index in [0.29, 0.717) is 0 Å². The summed E-state index contributed by atoms with van der Waals surface area (Å²) in [4.78, 5) is 14.3. The number of hydrogen-bond acceptors (Lipinski definition) is 5. The number of tetrazole rings is 1. The van der Waals surface area contributed by atoms with Crippen molar-refractivity contribution in [2.24, 2.45) is 0 Å². The van der Waals surface area contributed by atoms with E-state index in [-0.39, 0.29) is 17.8 Å². The number of hydrogen-bond donors (Lipinski definition) is 1. The number of nitrogens with zero attached hydrogens (tertiary/aromatic N) is 5. The molecule has 0 amide bonds. The summed E-state index contributed by atoms with van der Waals surface area (Å²) >= 11 is 0. The Morgan fingerprint density at radius 2 is 2.39 bits per heavy atom. The molecule has 1 N–H and O–H groups in total. The molecule has 7 nitrogen and oxygen atoms in total. The van der Waals surface area contributed by atoms with Crippen LogP contribution in [-0.4, -0.2) is 36.3 Å². The summed E-state index contributed by atoms with van der Waals surface area (Å²) < 4.78 is 14.9. The normalized spacial score (nSPS) is 12.3. The lowest BCUT2D eigenvalue weighted by atomic mass is 10.2. The number of halogens is 1. The zero-order valence-electron chi connectivity index (χ0n) is 9.49. The van der Waals surface area contributed by atoms with Crippen LogP contribution < -0.4 is 0 Å². The number of carbonyl (C=O) groups is 1. The minimum Gasteiger partial charge on any atom is -0.481 e. The summed E-state index contributed by atoms with van der Waals surface area (Å²) in [6.45, 7) is 1.65. The molecule has 18 heavy (non-hydrogen) atoms. The fourth-order valence-corrected chi connectivity index (χ4v) is 1.56. The molecule has 0 fully saturated rings. The number of pyridine rings is 1. The molecule has 2 heterocycles. The maximum Gasteiger partial charge on any atom is 0.305 e. The van der Waals surface area contributed by atoms with E-state index in [1.807, 2.05) is 0 Å². The van der Waals surface area contributed by atoms with Gasteiger partial charge in [0.1, 0.15) is 0 Å². The van der Waals surface area contributed by atoms with Crippen LogP contribution in [0, 0.1) is 5.82 Å². The van der Waals surface area contributed by atoms with E-state index in [0.717, 1.165) is 6.20 Å². The molecule has 0 saturated carbocycles. The molecule has 1 unspecified atom stereocenters. The molecule has 8 heteroatoms. The van der Waals surface area contributed by atoms with Crippen LogP contribution in [0.1, 0.15) is 19.4 Å². The molecule has 2 aromatic heterocycles. The lowest BCUT2D eigenvalue weighted by Gasteiger charge is -2.11. The van der Waals surface area contributed by atoms with Crippen molar-refractivity contribution in [2.45, 2.75) is 19.4 Å². The van der Waals surface area contributed by atoms with E-state index >= 15 is 0 Å². The highest BCUT2D eigenvalue weighted by Crippen LogP contribution is 2.22. The molecule has 0 aliphatic rings. The van der Waals surface area contributed by atoms with Crippen molar-refractivity contribution in [3.8, 4) is 11.4 Å². The minimum absolute atomic E-state index is 0.148. The zero-order valence-corrected chi connectivity index (χ0v) is 9.49. The number of aromatic nitrogens is 5. The van der Waals surface area contributed by atoms with Gasteiger partial charge in [-0.15, -0.1) is 5.10 Å². The van der Waals surface area contributed by atoms with Crippen LogP contribution in [-0.2, 0) is 4.79 Å². The molecule has 0 aromatic carbocycles. The standard InChI is InChI=1S/C10H10FN5O2/c1-6(4-9(17)18)16-10(13-14-15-16)7-2-3-12-5-8(7)11/h2-3,5-6H,4H2,1H3,(H,17,18). The first-order valence-electron chi connectivity index (χ1n) is 5.19. The number of aliphatic carboxylic acids is 1. The van der Waals surface area contributed by atoms with Crippen molar-refractivity contribution >= 4 is 5.97 Å². The monoisotopic (exact) mass is 251 g/mol. The summed E-state index contributed by atoms with van der Waals surface area (Å²) in [6.07, 6.45) is 2.32. The molecule has 2 aromatic rings. The van der Waals surface area contributed by atoms with Gasteiger partial charge >= 0.3 is 5.97 Å². The summed E-state index contributed by atoms with van der Waals surface area (Å²) in [5, 5.41) is 19.6. The van der Waals surface area contributed by atoms with Crippen molar-refractivity contribution in [3.63, 3.8) is 0 Å². The maximum atomic E-state index is 13.6. The summed E-state index contributed by atoms with van der Waals surface area (Å²) in [7, 11) is 0. The lowest BCUT2D eigenvalue weighted by molar-refractivity contribution is -0.137. The van der Waals surface area contributed by atoms with Gasteiger partial charge < -0.3 is 5.11 Å². The molecular weight excluding hydrogens is 241 g/mol. The Kier molecular flexibility index (Phi) is 3.26. The molecule has 0 aliphatic heterocycles. The molecular formula is C10H10FN5O2. The van der Waals surface area contributed by atoms with Gasteiger partial charge in [0, 0.05) is 6.20 Å². The Bertz CT molecular complexity index is 571. The maximum absolute atomic E-state index is 13.6. The Morgan fingerprint density at radius 3 is 3.06 bits per heavy atom. The van der Waals surface area contributed by atoms with Crippen molar-refractivity contribution in [1.29, 1.82) is 0 Å². The molecule has 0 bridgehead atoms. The largest absolute Gasteiger partial charge is 0.481 e. The molecule has 0 spiro atoms. The summed E-state index contributed by atoms with van der Waals surface area (Å²) in [5.74, 6) is -1.35. The molecule has 0 saturated heterocycles. The van der Waals surface area contributed by atoms with E-state index in [1.165, 1.54) is 16.9 Å². The second-order valence-corrected chi connectivity index (χ2v) is 3.75. The van der Waals surface area contributed by atoms with Crippen LogP contribution in [0.4, 0.5) is 4.39 Å². The van der Waals surface area contributed by atoms with Crippen molar-refractivity contribution in [1.82, 2.24) is 25.2 Å². The van der Waals surface area contributed by atoms with E-state index in [9.17, 15) is 9.18 Å². The first kappa shape index (κ1) is 12.1. The highest BCUT2D eigenvalue weighted by molar-refractivity contribution is 5.67. The van der Waals surface area contributed by atoms with Gasteiger partial charge in [-0.3, -0.25) is 9.78 Å². The Labute approximate surface area is 101 Å². The number of rotatable bonds is 4. The van der Waals surface area contributed by atoms with Gasteiger partial charge in [-0.05, 0) is 23.4 Å². The van der Waals surface area contributed by atoms with E-state index < -0.39 is 17.8 Å². The Morgan fingerprint density at radius 1 is 1.61 bits per heavy atom. The van der Waals surface area contributed by atoms with Crippen molar-refractivity contribution in [3.05, 3.63) is 24.3 Å². The first-order valence-corrected chi connectivity index (χ1v) is 5.19. The van der Waals surface area contributed by atoms with Crippen molar-refractivity contribution < 1.29 is 14.3 Å². The molecule has 1 atom stereocenters. The topological polar surface area (TPSA) is 93.8 Å². The summed E-state index contributed by atoms with van der Waals surface area (Å²) in [5.41, 5.74) is 0.187. The first-order chi connectivity index (χ1) is 8.59. The Balaban J connectivity index is 2.39. The van der Waals surface area contributed by atoms with Crippen LogP contribution in [0.2, 0.25) is 0 Å². The fraction of sp³-hybridized carbons (Fsp3) is 0.300. The van der Waals surface area contributed by atoms with Crippen LogP contribution in [0.15, 0.2) is 18.5 Å². The van der Waals surface area contributed by atoms with Crippen LogP contribution in [0.25, 0.3) is 11.4 Å². The average Bonchev–Trinajstić information content (AvgIpc) is 2.77. The van der Waals surface area contributed by atoms with Crippen molar-refractivity contribution in [2.75, 3.05) is 0 Å². The highest BCUT2D eigenvalue weighted by atomic mass is 19.1. The second-order valence-electron chi connectivity index (χ2n) is 3.75. The predicted molar refractivity (Wildman–Crippen MR) is 58.0 cm³/mol. The van der Waals surface area contributed by atoms with E-state index in [2.05, 4.69) is 20.5 Å². The van der Waals surface area contributed by atoms with Crippen LogP contribution in [0.3, 0.4) is 0 Å². The molecule has 0 radical (unpaired) electrons. The van der Waals surface area contributed by atoms with Gasteiger partial charge in [0.2, 0.25) is 0 Å². The third-order valence-corrected chi connectivity index (χ3v) is 2.39. The second kappa shape index (κ2) is 4.86. The quantitative estimate of drug-likeness (QED) is 0.867. The summed E-state index contributed by atoms with van der Waals surface area (Å²) in [6, 6.07) is 0.963. The third kappa shape index (κ3) is 2.31. The van der Waals surface area contributed by atoms with Gasteiger partial charge in [0.25, 0.3) is 0 Å². The van der Waals surface area contributed by atoms with Gasteiger partial charge in [0.05, 0.1) is 24.2 Å². The molecule has 2 rings (SSSR count). The van der Waals surface area contributed by atoms with E-state index in [4.69, 9.17) is 5.11 Å². The van der Waals surface area contributed by atoms with Gasteiger partial charge in [0.15, 0.2) is 11.6 Å². The van der Waals surface area contributed by atoms with Gasteiger partial charge in [-0.1, -0.05) is 0 Å². The predicted octanol–water partition coefficient (Wildman–Crippen LogP) is 0.910. The lowest BCUT2D eigenvalue weighted by Crippen LogP contribution is -2.13. The number of carboxylic acids is 1. The van der Waals surface area contributed by atoms with Crippen LogP contribution >= 0.6 is 0 Å². The highest BCUT2D eigenvalue weighted by Gasteiger charge is 2.19. The SMILES string of the molecule is CC(CC(=O)O)n1nnnc1-c1ccncc1F. The number of carboxylic acid groups (broad SMARTS) is 1. The third-order valence-electron chi connectivity index (χ3n) is 2.39. The minimum atomic E-state index is -0.973. The zero-order chi connectivity index (χ0) is 13.1. The molecule has 0 aliphatic carbocycles. The van der Waals surface area contributed by atoms with E-state index in [1.54, 1.807) is 6.92 Å². The smallest absolute Gasteiger partial charge is 0.305 e. The average molecular weight is 251 g/mol.